The largest absolute Gasteiger partial charge is 0.387 e. The number of nitrogens with one attached hydrogen (secondary N) is 5. The predicted octanol–water partition coefficient (Wildman–Crippen LogP) is -2.44. The number of amides is 6. The molecule has 0 saturated carbocycles. The van der Waals surface area contributed by atoms with Crippen LogP contribution in [0.4, 0.5) is 11.6 Å². The fourth-order valence-corrected chi connectivity index (χ4v) is 7.40. The highest BCUT2D eigenvalue weighted by Crippen LogP contribution is 2.33. The number of imidazole rings is 1. The number of fused-ring (bicyclic) bond motifs is 2. The van der Waals surface area contributed by atoms with E-state index in [4.69, 9.17) is 14.7 Å². The molecular weight excluding hydrogens is 776 g/mol. The van der Waals surface area contributed by atoms with Crippen LogP contribution in [0.25, 0.3) is 11.2 Å². The zero-order valence-electron chi connectivity index (χ0n) is 30.1. The van der Waals surface area contributed by atoms with Gasteiger partial charge in [0.05, 0.1) is 12.9 Å². The van der Waals surface area contributed by atoms with Crippen molar-refractivity contribution in [1.82, 2.24) is 39.8 Å². The van der Waals surface area contributed by atoms with Gasteiger partial charge in [-0.1, -0.05) is 12.5 Å². The highest BCUT2D eigenvalue weighted by molar-refractivity contribution is 7.85. The second-order valence-corrected chi connectivity index (χ2v) is 14.9. The van der Waals surface area contributed by atoms with E-state index in [1.165, 1.54) is 4.90 Å². The van der Waals surface area contributed by atoms with Crippen LogP contribution in [0.1, 0.15) is 73.5 Å². The standard InChI is InChI=1S/C33H40N10O13S/c34-33-39-28-25(30(51)40-33)36-15-43(28)32-27(49)26(48)20(56-32)14-55-57(53,54)41-24(47)11-10-21(44)35-12-3-1-2-7-22(45)37-18-6-4-5-16-17(18)13-42(31(16)52)19-8-9-23(46)38-29(19)50/h4-6,15,19-20,26-27,32,48-49H,1-3,7-14H2,(H,35,44)(H,37,45)(H,41,47)(H,38,46,50)(H3,34,39,40,51)/t19?,20-,26-,27-,32-/m1/s1. The summed E-state index contributed by atoms with van der Waals surface area (Å²) >= 11 is 0. The van der Waals surface area contributed by atoms with Gasteiger partial charge in [0.1, 0.15) is 24.4 Å². The Hall–Kier alpha value is -5.82. The number of unbranched alkanes of at least 4 members (excludes halogenated alkanes) is 2. The Morgan fingerprint density at radius 1 is 1.02 bits per heavy atom. The number of benzene rings is 1. The smallest absolute Gasteiger partial charge is 0.362 e. The summed E-state index contributed by atoms with van der Waals surface area (Å²) in [5.41, 5.74) is 6.16. The number of carbonyl (C=O) groups is 6. The predicted molar refractivity (Wildman–Crippen MR) is 193 cm³/mol. The minimum absolute atomic E-state index is 0.0600. The molecule has 306 valence electrons. The number of aromatic nitrogens is 4. The molecule has 6 rings (SSSR count). The molecule has 0 radical (unpaired) electrons. The third kappa shape index (κ3) is 9.42. The number of carbonyl (C=O) groups excluding carboxylic acids is 6. The summed E-state index contributed by atoms with van der Waals surface area (Å²) in [6.07, 6.45) is -3.67. The first kappa shape index (κ1) is 40.8. The van der Waals surface area contributed by atoms with E-state index in [2.05, 4.69) is 30.9 Å². The van der Waals surface area contributed by atoms with Crippen LogP contribution in [0.2, 0.25) is 0 Å². The maximum atomic E-state index is 13.0. The molecule has 23 nitrogen and oxygen atoms in total. The molecule has 5 heterocycles. The highest BCUT2D eigenvalue weighted by Gasteiger charge is 2.45. The van der Waals surface area contributed by atoms with Crippen molar-refractivity contribution in [3.05, 3.63) is 46.0 Å². The van der Waals surface area contributed by atoms with Gasteiger partial charge in [0.2, 0.25) is 35.5 Å². The van der Waals surface area contributed by atoms with Gasteiger partial charge in [0.15, 0.2) is 17.4 Å². The lowest BCUT2D eigenvalue weighted by Gasteiger charge is -2.29. The second-order valence-electron chi connectivity index (χ2n) is 13.5. The second kappa shape index (κ2) is 17.1. The summed E-state index contributed by atoms with van der Waals surface area (Å²) in [6.45, 7) is -0.468. The number of piperidine rings is 1. The molecule has 1 aromatic carbocycles. The maximum absolute atomic E-state index is 13.0. The number of H-pyrrole nitrogens is 1. The lowest BCUT2D eigenvalue weighted by molar-refractivity contribution is -0.137. The number of aliphatic hydroxyl groups is 2. The molecule has 0 spiro atoms. The van der Waals surface area contributed by atoms with E-state index in [0.717, 1.165) is 10.9 Å². The number of imide groups is 1. The fraction of sp³-hybridized carbons (Fsp3) is 0.485. The molecule has 3 aromatic rings. The van der Waals surface area contributed by atoms with Crippen molar-refractivity contribution >= 4 is 68.5 Å². The average Bonchev–Trinajstić information content (AvgIpc) is 3.81. The van der Waals surface area contributed by atoms with Gasteiger partial charge in [-0.2, -0.15) is 13.4 Å². The molecule has 9 N–H and O–H groups in total. The van der Waals surface area contributed by atoms with Crippen LogP contribution >= 0.6 is 0 Å². The van der Waals surface area contributed by atoms with Gasteiger partial charge in [0, 0.05) is 55.6 Å². The van der Waals surface area contributed by atoms with E-state index >= 15 is 0 Å². The number of ether oxygens (including phenoxy) is 1. The first-order valence-corrected chi connectivity index (χ1v) is 19.3. The molecule has 2 fully saturated rings. The molecule has 57 heavy (non-hydrogen) atoms. The Balaban J connectivity index is 0.852. The van der Waals surface area contributed by atoms with Crippen LogP contribution in [0.3, 0.4) is 0 Å². The fourth-order valence-electron chi connectivity index (χ4n) is 6.65. The van der Waals surface area contributed by atoms with Gasteiger partial charge in [-0.25, -0.2) is 9.71 Å². The van der Waals surface area contributed by atoms with E-state index in [0.29, 0.717) is 36.1 Å². The Bertz CT molecular complexity index is 2260. The minimum Gasteiger partial charge on any atom is -0.387 e. The maximum Gasteiger partial charge on any atom is 0.362 e. The Labute approximate surface area is 322 Å². The van der Waals surface area contributed by atoms with Crippen molar-refractivity contribution in [1.29, 1.82) is 0 Å². The zero-order valence-corrected chi connectivity index (χ0v) is 31.0. The molecule has 0 bridgehead atoms. The zero-order chi connectivity index (χ0) is 41.0. The van der Waals surface area contributed by atoms with Crippen LogP contribution in [-0.4, -0.2) is 116 Å². The first-order chi connectivity index (χ1) is 27.1. The molecule has 2 aromatic heterocycles. The molecule has 24 heteroatoms. The summed E-state index contributed by atoms with van der Waals surface area (Å²) in [5.74, 6) is -3.36. The normalized spacial score (nSPS) is 22.0. The van der Waals surface area contributed by atoms with E-state index < -0.39 is 77.2 Å². The average molecular weight is 817 g/mol. The van der Waals surface area contributed by atoms with E-state index in [1.54, 1.807) is 22.9 Å². The molecule has 1 unspecified atom stereocenters. The van der Waals surface area contributed by atoms with Gasteiger partial charge in [-0.15, -0.1) is 0 Å². The number of anilines is 2. The first-order valence-electron chi connectivity index (χ1n) is 17.9. The van der Waals surface area contributed by atoms with Crippen molar-refractivity contribution in [3.63, 3.8) is 0 Å². The summed E-state index contributed by atoms with van der Waals surface area (Å²) < 4.78 is 37.9. The lowest BCUT2D eigenvalue weighted by Crippen LogP contribution is -2.52. The number of aliphatic hydroxyl groups excluding tert-OH is 2. The third-order valence-corrected chi connectivity index (χ3v) is 10.5. The topological polar surface area (TPSA) is 336 Å². The van der Waals surface area contributed by atoms with Crippen molar-refractivity contribution in [2.45, 2.75) is 88.5 Å². The number of hydrogen-bond donors (Lipinski definition) is 8. The van der Waals surface area contributed by atoms with Gasteiger partial charge in [-0.05, 0) is 31.4 Å². The van der Waals surface area contributed by atoms with Crippen LogP contribution in [0.5, 0.6) is 0 Å². The molecule has 5 atom stereocenters. The Morgan fingerprint density at radius 3 is 2.56 bits per heavy atom. The van der Waals surface area contributed by atoms with Crippen molar-refractivity contribution in [2.24, 2.45) is 0 Å². The highest BCUT2D eigenvalue weighted by atomic mass is 32.2. The molecular formula is C33H40N10O13S. The summed E-state index contributed by atoms with van der Waals surface area (Å²) in [4.78, 5) is 97.6. The van der Waals surface area contributed by atoms with E-state index in [1.807, 2.05) is 0 Å². The number of aromatic amines is 1. The number of nitrogen functional groups attached to an aromatic ring is 1. The van der Waals surface area contributed by atoms with Gasteiger partial charge in [0.25, 0.3) is 11.5 Å². The summed E-state index contributed by atoms with van der Waals surface area (Å²) in [6, 6.07) is 4.14. The van der Waals surface area contributed by atoms with E-state index in [-0.39, 0.29) is 73.6 Å². The minimum atomic E-state index is -4.72. The van der Waals surface area contributed by atoms with Crippen molar-refractivity contribution in [2.75, 3.05) is 24.2 Å². The van der Waals surface area contributed by atoms with Gasteiger partial charge >= 0.3 is 10.3 Å². The van der Waals surface area contributed by atoms with Crippen LogP contribution in [-0.2, 0) is 49.7 Å². The molecule has 0 aliphatic carbocycles. The molecule has 3 aliphatic heterocycles. The van der Waals surface area contributed by atoms with Crippen LogP contribution < -0.4 is 32.0 Å². The van der Waals surface area contributed by atoms with Gasteiger partial charge in [-0.3, -0.25) is 52.6 Å². The van der Waals surface area contributed by atoms with Crippen LogP contribution in [0.15, 0.2) is 29.3 Å². The van der Waals surface area contributed by atoms with E-state index in [9.17, 15) is 52.2 Å². The Kier molecular flexibility index (Phi) is 12.3. The SMILES string of the molecule is Nc1nc2c(ncn2[C@@H]2O[C@H](COS(=O)(=O)NC(=O)CCC(=O)NCCCCCC(=O)Nc3cccc4c3CN(C3CCC(=O)NC3=O)C4=O)[C@@H](O)[C@H]2O)c(=O)[nH]1. The number of nitrogens with zero attached hydrogens (tertiary/aromatic N) is 4. The number of hydrogen-bond acceptors (Lipinski definition) is 16. The molecule has 3 aliphatic rings. The van der Waals surface area contributed by atoms with Crippen molar-refractivity contribution < 1.29 is 56.3 Å². The summed E-state index contributed by atoms with van der Waals surface area (Å²) in [5, 5.41) is 28.7. The monoisotopic (exact) mass is 816 g/mol. The molecule has 2 saturated heterocycles. The molecule has 6 amide bonds. The lowest BCUT2D eigenvalue weighted by atomic mass is 10.0. The quantitative estimate of drug-likeness (QED) is 0.0550. The van der Waals surface area contributed by atoms with Crippen LogP contribution in [0, 0.1) is 0 Å². The van der Waals surface area contributed by atoms with Crippen molar-refractivity contribution in [3.8, 4) is 0 Å². The number of nitrogens with two attached hydrogens (primary N) is 1. The third-order valence-electron chi connectivity index (χ3n) is 9.53. The Morgan fingerprint density at radius 2 is 1.79 bits per heavy atom. The summed E-state index contributed by atoms with van der Waals surface area (Å²) in [7, 11) is -4.72. The number of rotatable bonds is 16. The van der Waals surface area contributed by atoms with Gasteiger partial charge < -0.3 is 36.2 Å².